The molecule has 1 aromatic carbocycles. The molecular weight excluding hydrogens is 272 g/mol. The first kappa shape index (κ1) is 14.7. The molecular formula is C15H18N2O2S. The van der Waals surface area contributed by atoms with E-state index in [0.29, 0.717) is 23.7 Å². The summed E-state index contributed by atoms with van der Waals surface area (Å²) in [6, 6.07) is 9.58. The van der Waals surface area contributed by atoms with Crippen LogP contribution in [0, 0.1) is 6.92 Å². The van der Waals surface area contributed by atoms with Gasteiger partial charge in [0.15, 0.2) is 5.16 Å². The van der Waals surface area contributed by atoms with Crippen molar-refractivity contribution in [3.05, 3.63) is 51.9 Å². The second kappa shape index (κ2) is 7.14. The Morgan fingerprint density at radius 3 is 2.70 bits per heavy atom. The summed E-state index contributed by atoms with van der Waals surface area (Å²) in [5.41, 5.74) is 1.41. The molecule has 2 aromatic rings. The molecule has 0 bridgehead atoms. The highest BCUT2D eigenvalue weighted by molar-refractivity contribution is 7.99. The lowest BCUT2D eigenvalue weighted by atomic mass is 10.2. The summed E-state index contributed by atoms with van der Waals surface area (Å²) in [4.78, 5) is 19.2. The highest BCUT2D eigenvalue weighted by Crippen LogP contribution is 2.12. The zero-order valence-electron chi connectivity index (χ0n) is 11.7. The molecule has 2 rings (SSSR count). The van der Waals surface area contributed by atoms with Crippen molar-refractivity contribution in [1.82, 2.24) is 9.97 Å². The Balaban J connectivity index is 2.01. The monoisotopic (exact) mass is 290 g/mol. The molecule has 106 valence electrons. The van der Waals surface area contributed by atoms with Gasteiger partial charge >= 0.3 is 0 Å². The van der Waals surface area contributed by atoms with Crippen molar-refractivity contribution in [3.63, 3.8) is 0 Å². The fourth-order valence-electron chi connectivity index (χ4n) is 1.87. The number of hydrogen-bond acceptors (Lipinski definition) is 4. The molecule has 0 radical (unpaired) electrons. The number of ether oxygens (including phenoxy) is 1. The molecule has 0 saturated carbocycles. The molecule has 1 N–H and O–H groups in total. The Morgan fingerprint density at radius 2 is 2.05 bits per heavy atom. The van der Waals surface area contributed by atoms with Gasteiger partial charge in [0.05, 0.1) is 6.61 Å². The SMILES string of the molecule is CCSc1nc(C)c(CCOc2ccccc2)c(=O)[nH]1. The van der Waals surface area contributed by atoms with Gasteiger partial charge in [0, 0.05) is 17.7 Å². The summed E-state index contributed by atoms with van der Waals surface area (Å²) >= 11 is 1.54. The lowest BCUT2D eigenvalue weighted by Crippen LogP contribution is -2.19. The van der Waals surface area contributed by atoms with Gasteiger partial charge in [0.2, 0.25) is 0 Å². The molecule has 5 heteroatoms. The van der Waals surface area contributed by atoms with Crippen molar-refractivity contribution in [1.29, 1.82) is 0 Å². The number of H-pyrrole nitrogens is 1. The summed E-state index contributed by atoms with van der Waals surface area (Å²) in [6.07, 6.45) is 0.556. The number of nitrogens with zero attached hydrogens (tertiary/aromatic N) is 1. The van der Waals surface area contributed by atoms with Crippen LogP contribution in [0.1, 0.15) is 18.2 Å². The van der Waals surface area contributed by atoms with E-state index in [1.807, 2.05) is 44.2 Å². The molecule has 20 heavy (non-hydrogen) atoms. The van der Waals surface area contributed by atoms with E-state index in [4.69, 9.17) is 4.74 Å². The maximum absolute atomic E-state index is 12.0. The summed E-state index contributed by atoms with van der Waals surface area (Å²) in [7, 11) is 0. The van der Waals surface area contributed by atoms with Crippen LogP contribution in [0.25, 0.3) is 0 Å². The van der Waals surface area contributed by atoms with Crippen LogP contribution in [0.2, 0.25) is 0 Å². The van der Waals surface area contributed by atoms with E-state index in [9.17, 15) is 4.79 Å². The van der Waals surface area contributed by atoms with Crippen molar-refractivity contribution in [2.24, 2.45) is 0 Å². The van der Waals surface area contributed by atoms with E-state index in [0.717, 1.165) is 17.2 Å². The fraction of sp³-hybridized carbons (Fsp3) is 0.333. The van der Waals surface area contributed by atoms with Gasteiger partial charge in [-0.3, -0.25) is 4.79 Å². The maximum atomic E-state index is 12.0. The first-order valence-corrected chi connectivity index (χ1v) is 7.59. The molecule has 0 amide bonds. The minimum atomic E-state index is -0.0647. The molecule has 0 unspecified atom stereocenters. The molecule has 0 spiro atoms. The van der Waals surface area contributed by atoms with Crippen LogP contribution in [0.15, 0.2) is 40.3 Å². The van der Waals surface area contributed by atoms with E-state index in [1.54, 1.807) is 0 Å². The first-order valence-electron chi connectivity index (χ1n) is 6.61. The zero-order valence-corrected chi connectivity index (χ0v) is 12.5. The molecule has 0 aliphatic heterocycles. The number of rotatable bonds is 6. The van der Waals surface area contributed by atoms with Gasteiger partial charge in [0.1, 0.15) is 5.75 Å². The molecule has 0 fully saturated rings. The Bertz CT molecular complexity index is 611. The Kier molecular flexibility index (Phi) is 5.24. The van der Waals surface area contributed by atoms with Crippen molar-refractivity contribution < 1.29 is 4.74 Å². The fourth-order valence-corrected chi connectivity index (χ4v) is 2.51. The summed E-state index contributed by atoms with van der Waals surface area (Å²) < 4.78 is 5.61. The Morgan fingerprint density at radius 1 is 1.30 bits per heavy atom. The number of para-hydroxylation sites is 1. The van der Waals surface area contributed by atoms with Gasteiger partial charge in [-0.05, 0) is 24.8 Å². The number of nitrogens with one attached hydrogen (secondary N) is 1. The number of hydrogen-bond donors (Lipinski definition) is 1. The lowest BCUT2D eigenvalue weighted by molar-refractivity contribution is 0.321. The molecule has 0 saturated heterocycles. The minimum absolute atomic E-state index is 0.0647. The minimum Gasteiger partial charge on any atom is -0.493 e. The van der Waals surface area contributed by atoms with Gasteiger partial charge in [-0.25, -0.2) is 4.98 Å². The van der Waals surface area contributed by atoms with Crippen molar-refractivity contribution in [2.45, 2.75) is 25.4 Å². The molecule has 0 aliphatic rings. The van der Waals surface area contributed by atoms with E-state index in [-0.39, 0.29) is 5.56 Å². The van der Waals surface area contributed by atoms with Crippen LogP contribution in [-0.4, -0.2) is 22.3 Å². The molecule has 4 nitrogen and oxygen atoms in total. The average Bonchev–Trinajstić information content (AvgIpc) is 2.43. The van der Waals surface area contributed by atoms with Gasteiger partial charge in [0.25, 0.3) is 5.56 Å². The molecule has 0 aliphatic carbocycles. The predicted octanol–water partition coefficient (Wildman–Crippen LogP) is 2.81. The normalized spacial score (nSPS) is 10.5. The topological polar surface area (TPSA) is 55.0 Å². The predicted molar refractivity (Wildman–Crippen MR) is 81.6 cm³/mol. The van der Waals surface area contributed by atoms with Gasteiger partial charge in [-0.2, -0.15) is 0 Å². The number of thioether (sulfide) groups is 1. The van der Waals surface area contributed by atoms with E-state index in [1.165, 1.54) is 11.8 Å². The average molecular weight is 290 g/mol. The first-order chi connectivity index (χ1) is 9.70. The maximum Gasteiger partial charge on any atom is 0.255 e. The third kappa shape index (κ3) is 3.87. The number of benzene rings is 1. The molecule has 1 aromatic heterocycles. The Hall–Kier alpha value is -1.75. The number of aromatic amines is 1. The standard InChI is InChI=1S/C15H18N2O2S/c1-3-20-15-16-11(2)13(14(18)17-15)9-10-19-12-7-5-4-6-8-12/h4-8H,3,9-10H2,1-2H3,(H,16,17,18). The van der Waals surface area contributed by atoms with Crippen LogP contribution in [-0.2, 0) is 6.42 Å². The van der Waals surface area contributed by atoms with Crippen LogP contribution < -0.4 is 10.3 Å². The van der Waals surface area contributed by atoms with Crippen molar-refractivity contribution in [3.8, 4) is 5.75 Å². The van der Waals surface area contributed by atoms with Crippen LogP contribution in [0.4, 0.5) is 0 Å². The summed E-state index contributed by atoms with van der Waals surface area (Å²) in [5.74, 6) is 1.70. The quantitative estimate of drug-likeness (QED) is 0.656. The second-order valence-electron chi connectivity index (χ2n) is 4.28. The summed E-state index contributed by atoms with van der Waals surface area (Å²) in [5, 5.41) is 0.683. The van der Waals surface area contributed by atoms with Crippen LogP contribution >= 0.6 is 11.8 Å². The third-order valence-electron chi connectivity index (χ3n) is 2.85. The summed E-state index contributed by atoms with van der Waals surface area (Å²) in [6.45, 7) is 4.37. The van der Waals surface area contributed by atoms with Gasteiger partial charge in [-0.1, -0.05) is 36.9 Å². The molecule has 1 heterocycles. The van der Waals surface area contributed by atoms with Crippen molar-refractivity contribution >= 4 is 11.8 Å². The zero-order chi connectivity index (χ0) is 14.4. The van der Waals surface area contributed by atoms with Gasteiger partial charge in [-0.15, -0.1) is 0 Å². The van der Waals surface area contributed by atoms with Crippen LogP contribution in [0.5, 0.6) is 5.75 Å². The van der Waals surface area contributed by atoms with E-state index >= 15 is 0 Å². The van der Waals surface area contributed by atoms with Gasteiger partial charge < -0.3 is 9.72 Å². The van der Waals surface area contributed by atoms with Crippen LogP contribution in [0.3, 0.4) is 0 Å². The molecule has 0 atom stereocenters. The van der Waals surface area contributed by atoms with E-state index < -0.39 is 0 Å². The number of aryl methyl sites for hydroxylation is 1. The van der Waals surface area contributed by atoms with Crippen molar-refractivity contribution in [2.75, 3.05) is 12.4 Å². The van der Waals surface area contributed by atoms with E-state index in [2.05, 4.69) is 9.97 Å². The number of aromatic nitrogens is 2. The largest absolute Gasteiger partial charge is 0.493 e. The third-order valence-corrected chi connectivity index (χ3v) is 3.60. The Labute approximate surface area is 122 Å². The second-order valence-corrected chi connectivity index (χ2v) is 5.53. The smallest absolute Gasteiger partial charge is 0.255 e. The highest BCUT2D eigenvalue weighted by atomic mass is 32.2. The highest BCUT2D eigenvalue weighted by Gasteiger charge is 2.08. The lowest BCUT2D eigenvalue weighted by Gasteiger charge is -2.08.